The Labute approximate surface area is 151 Å². The molecule has 8 heteroatoms. The van der Waals surface area contributed by atoms with E-state index in [4.69, 9.17) is 0 Å². The van der Waals surface area contributed by atoms with Gasteiger partial charge in [-0.05, 0) is 23.6 Å². The van der Waals surface area contributed by atoms with Crippen LogP contribution in [0, 0.1) is 11.7 Å². The van der Waals surface area contributed by atoms with Gasteiger partial charge in [0.2, 0.25) is 5.91 Å². The first-order valence-electron chi connectivity index (χ1n) is 8.70. The SMILES string of the molecule is CC(C)CN(CC(F)(F)F)C(=O)CN1CCNCC1c1cccc(F)c1. The van der Waals surface area contributed by atoms with Gasteiger partial charge >= 0.3 is 6.18 Å². The second kappa shape index (κ2) is 8.81. The zero-order valence-corrected chi connectivity index (χ0v) is 15.0. The number of hydrogen-bond acceptors (Lipinski definition) is 3. The van der Waals surface area contributed by atoms with Gasteiger partial charge in [0.25, 0.3) is 0 Å². The van der Waals surface area contributed by atoms with Crippen LogP contribution in [0.25, 0.3) is 0 Å². The summed E-state index contributed by atoms with van der Waals surface area (Å²) >= 11 is 0. The van der Waals surface area contributed by atoms with E-state index in [1.165, 1.54) is 12.1 Å². The van der Waals surface area contributed by atoms with Gasteiger partial charge in [-0.1, -0.05) is 26.0 Å². The Morgan fingerprint density at radius 3 is 2.73 bits per heavy atom. The highest BCUT2D eigenvalue weighted by molar-refractivity contribution is 5.78. The fourth-order valence-corrected chi connectivity index (χ4v) is 3.16. The third-order valence-electron chi connectivity index (χ3n) is 4.23. The number of benzene rings is 1. The summed E-state index contributed by atoms with van der Waals surface area (Å²) in [6.45, 7) is 3.88. The molecule has 1 amide bonds. The largest absolute Gasteiger partial charge is 0.406 e. The summed E-state index contributed by atoms with van der Waals surface area (Å²) in [7, 11) is 0. The smallest absolute Gasteiger partial charge is 0.332 e. The van der Waals surface area contributed by atoms with Crippen molar-refractivity contribution in [3.63, 3.8) is 0 Å². The van der Waals surface area contributed by atoms with Crippen LogP contribution in [0.5, 0.6) is 0 Å². The highest BCUT2D eigenvalue weighted by atomic mass is 19.4. The maximum absolute atomic E-state index is 13.5. The van der Waals surface area contributed by atoms with Crippen molar-refractivity contribution < 1.29 is 22.4 Å². The minimum absolute atomic E-state index is 0.0507. The molecule has 1 N–H and O–H groups in total. The third kappa shape index (κ3) is 6.25. The molecule has 0 spiro atoms. The Hall–Kier alpha value is -1.67. The first-order chi connectivity index (χ1) is 12.2. The fraction of sp³-hybridized carbons (Fsp3) is 0.611. The van der Waals surface area contributed by atoms with Gasteiger partial charge < -0.3 is 10.2 Å². The molecule has 0 aliphatic carbocycles. The number of amides is 1. The lowest BCUT2D eigenvalue weighted by atomic mass is 10.0. The summed E-state index contributed by atoms with van der Waals surface area (Å²) < 4.78 is 52.0. The molecule has 1 aromatic carbocycles. The molecule has 1 aliphatic rings. The number of nitrogens with one attached hydrogen (secondary N) is 1. The lowest BCUT2D eigenvalue weighted by Crippen LogP contribution is -2.51. The molecule has 2 rings (SSSR count). The van der Waals surface area contributed by atoms with E-state index in [1.54, 1.807) is 26.0 Å². The van der Waals surface area contributed by atoms with Crippen LogP contribution in [-0.4, -0.2) is 61.2 Å². The molecule has 1 fully saturated rings. The topological polar surface area (TPSA) is 35.6 Å². The normalized spacial score (nSPS) is 19.0. The minimum atomic E-state index is -4.43. The van der Waals surface area contributed by atoms with Crippen LogP contribution in [0.3, 0.4) is 0 Å². The predicted octanol–water partition coefficient (Wildman–Crippen LogP) is 2.82. The van der Waals surface area contributed by atoms with Gasteiger partial charge in [0.15, 0.2) is 0 Å². The first-order valence-corrected chi connectivity index (χ1v) is 8.70. The molecule has 1 heterocycles. The maximum Gasteiger partial charge on any atom is 0.406 e. The number of nitrogens with zero attached hydrogens (tertiary/aromatic N) is 2. The molecule has 1 aliphatic heterocycles. The van der Waals surface area contributed by atoms with E-state index in [-0.39, 0.29) is 30.9 Å². The third-order valence-corrected chi connectivity index (χ3v) is 4.23. The van der Waals surface area contributed by atoms with Crippen molar-refractivity contribution in [2.75, 3.05) is 39.3 Å². The summed E-state index contributed by atoms with van der Waals surface area (Å²) in [5.41, 5.74) is 0.705. The Morgan fingerprint density at radius 2 is 2.12 bits per heavy atom. The van der Waals surface area contributed by atoms with E-state index >= 15 is 0 Å². The second-order valence-corrected chi connectivity index (χ2v) is 7.03. The number of carbonyl (C=O) groups is 1. The van der Waals surface area contributed by atoms with Crippen molar-refractivity contribution in [1.82, 2.24) is 15.1 Å². The summed E-state index contributed by atoms with van der Waals surface area (Å²) in [6.07, 6.45) is -4.43. The molecule has 26 heavy (non-hydrogen) atoms. The monoisotopic (exact) mass is 375 g/mol. The molecule has 1 saturated heterocycles. The van der Waals surface area contributed by atoms with Crippen LogP contribution in [0.15, 0.2) is 24.3 Å². The summed E-state index contributed by atoms with van der Waals surface area (Å²) in [6, 6.07) is 5.84. The van der Waals surface area contributed by atoms with Crippen LogP contribution < -0.4 is 5.32 Å². The number of alkyl halides is 3. The van der Waals surface area contributed by atoms with Crippen molar-refractivity contribution >= 4 is 5.91 Å². The molecule has 4 nitrogen and oxygen atoms in total. The Balaban J connectivity index is 2.12. The molecular weight excluding hydrogens is 350 g/mol. The van der Waals surface area contributed by atoms with Crippen LogP contribution in [0.4, 0.5) is 17.6 Å². The molecule has 1 unspecified atom stereocenters. The summed E-state index contributed by atoms with van der Waals surface area (Å²) in [5, 5.41) is 3.19. The van der Waals surface area contributed by atoms with Gasteiger partial charge in [0.05, 0.1) is 6.54 Å². The van der Waals surface area contributed by atoms with E-state index in [0.29, 0.717) is 25.2 Å². The molecule has 0 bridgehead atoms. The number of halogens is 4. The van der Waals surface area contributed by atoms with Crippen molar-refractivity contribution in [1.29, 1.82) is 0 Å². The van der Waals surface area contributed by atoms with Gasteiger partial charge in [0.1, 0.15) is 12.4 Å². The molecule has 146 valence electrons. The van der Waals surface area contributed by atoms with Gasteiger partial charge in [-0.25, -0.2) is 4.39 Å². The van der Waals surface area contributed by atoms with E-state index in [2.05, 4.69) is 5.32 Å². The minimum Gasteiger partial charge on any atom is -0.332 e. The average Bonchev–Trinajstić information content (AvgIpc) is 2.53. The average molecular weight is 375 g/mol. The molecule has 0 aromatic heterocycles. The van der Waals surface area contributed by atoms with E-state index in [1.807, 2.05) is 4.90 Å². The maximum atomic E-state index is 13.5. The van der Waals surface area contributed by atoms with Gasteiger partial charge in [-0.15, -0.1) is 0 Å². The number of piperazine rings is 1. The van der Waals surface area contributed by atoms with Crippen LogP contribution >= 0.6 is 0 Å². The van der Waals surface area contributed by atoms with Gasteiger partial charge in [0, 0.05) is 32.2 Å². The second-order valence-electron chi connectivity index (χ2n) is 7.03. The van der Waals surface area contributed by atoms with Crippen LogP contribution in [-0.2, 0) is 4.79 Å². The highest BCUT2D eigenvalue weighted by Gasteiger charge is 2.35. The first kappa shape index (κ1) is 20.6. The molecule has 0 radical (unpaired) electrons. The predicted molar refractivity (Wildman–Crippen MR) is 91.1 cm³/mol. The molecule has 1 aromatic rings. The zero-order valence-electron chi connectivity index (χ0n) is 15.0. The zero-order chi connectivity index (χ0) is 19.3. The summed E-state index contributed by atoms with van der Waals surface area (Å²) in [4.78, 5) is 15.2. The Morgan fingerprint density at radius 1 is 1.38 bits per heavy atom. The fourth-order valence-electron chi connectivity index (χ4n) is 3.16. The molecular formula is C18H25F4N3O. The standard InChI is InChI=1S/C18H25F4N3O/c1-13(2)10-25(12-18(20,21)22)17(26)11-24-7-6-23-9-16(24)14-4-3-5-15(19)8-14/h3-5,8,13,16,23H,6-7,9-12H2,1-2H3. The van der Waals surface area contributed by atoms with Gasteiger partial charge in [-0.3, -0.25) is 9.69 Å². The lowest BCUT2D eigenvalue weighted by molar-refractivity contribution is -0.163. The van der Waals surface area contributed by atoms with Crippen molar-refractivity contribution in [2.45, 2.75) is 26.1 Å². The number of hydrogen-bond donors (Lipinski definition) is 1. The van der Waals surface area contributed by atoms with E-state index < -0.39 is 18.6 Å². The van der Waals surface area contributed by atoms with E-state index in [9.17, 15) is 22.4 Å². The highest BCUT2D eigenvalue weighted by Crippen LogP contribution is 2.24. The number of rotatable bonds is 6. The number of carbonyl (C=O) groups excluding carboxylic acids is 1. The molecule has 0 saturated carbocycles. The Bertz CT molecular complexity index is 606. The van der Waals surface area contributed by atoms with Crippen molar-refractivity contribution in [3.8, 4) is 0 Å². The van der Waals surface area contributed by atoms with Crippen molar-refractivity contribution in [3.05, 3.63) is 35.6 Å². The van der Waals surface area contributed by atoms with Gasteiger partial charge in [-0.2, -0.15) is 13.2 Å². The lowest BCUT2D eigenvalue weighted by Gasteiger charge is -2.37. The quantitative estimate of drug-likeness (QED) is 0.777. The van der Waals surface area contributed by atoms with Crippen LogP contribution in [0.2, 0.25) is 0 Å². The Kier molecular flexibility index (Phi) is 7.00. The van der Waals surface area contributed by atoms with Crippen molar-refractivity contribution in [2.24, 2.45) is 5.92 Å². The molecule has 1 atom stereocenters. The van der Waals surface area contributed by atoms with E-state index in [0.717, 1.165) is 4.90 Å². The van der Waals surface area contributed by atoms with Crippen LogP contribution in [0.1, 0.15) is 25.5 Å². The summed E-state index contributed by atoms with van der Waals surface area (Å²) in [5.74, 6) is -1.000.